The first-order chi connectivity index (χ1) is 4.34. The van der Waals surface area contributed by atoms with Crippen LogP contribution in [0.15, 0.2) is 0 Å². The van der Waals surface area contributed by atoms with E-state index in [0.29, 0.717) is 0 Å². The van der Waals surface area contributed by atoms with E-state index in [0.717, 1.165) is 19.4 Å². The van der Waals surface area contributed by atoms with Gasteiger partial charge in [0.1, 0.15) is 0 Å². The molecular formula is C6H14ClNO2. The van der Waals surface area contributed by atoms with Gasteiger partial charge in [-0.15, -0.1) is 12.4 Å². The van der Waals surface area contributed by atoms with Crippen LogP contribution in [0.1, 0.15) is 12.8 Å². The highest BCUT2D eigenvalue weighted by Crippen LogP contribution is 2.06. The Balaban J connectivity index is 0.000000810. The highest BCUT2D eigenvalue weighted by molar-refractivity contribution is 5.85. The summed E-state index contributed by atoms with van der Waals surface area (Å²) in [6, 6.07) is -0.0845. The number of nitrogens with one attached hydrogen (secondary N) is 1. The Hall–Kier alpha value is 0.170. The number of piperidine rings is 1. The van der Waals surface area contributed by atoms with Crippen molar-refractivity contribution in [1.29, 1.82) is 0 Å². The van der Waals surface area contributed by atoms with Crippen LogP contribution in [0, 0.1) is 0 Å². The average Bonchev–Trinajstić information content (AvgIpc) is 1.89. The first-order valence-corrected chi connectivity index (χ1v) is 3.37. The summed E-state index contributed by atoms with van der Waals surface area (Å²) in [7, 11) is 0. The van der Waals surface area contributed by atoms with Crippen LogP contribution in [0.3, 0.4) is 0 Å². The number of aliphatic hydroxyl groups is 2. The molecule has 1 aliphatic heterocycles. The largest absolute Gasteiger partial charge is 0.395 e. The zero-order chi connectivity index (χ0) is 6.69. The third kappa shape index (κ3) is 2.42. The Labute approximate surface area is 66.8 Å². The summed E-state index contributed by atoms with van der Waals surface area (Å²) in [4.78, 5) is 0. The molecule has 3 N–H and O–H groups in total. The van der Waals surface area contributed by atoms with Crippen LogP contribution in [0.4, 0.5) is 0 Å². The van der Waals surface area contributed by atoms with Gasteiger partial charge in [0.2, 0.25) is 0 Å². The van der Waals surface area contributed by atoms with Crippen LogP contribution >= 0.6 is 12.4 Å². The minimum Gasteiger partial charge on any atom is -0.395 e. The van der Waals surface area contributed by atoms with Crippen molar-refractivity contribution in [2.24, 2.45) is 0 Å². The summed E-state index contributed by atoms with van der Waals surface area (Å²) < 4.78 is 0. The zero-order valence-electron chi connectivity index (χ0n) is 5.79. The average molecular weight is 168 g/mol. The maximum absolute atomic E-state index is 9.15. The summed E-state index contributed by atoms with van der Waals surface area (Å²) in [5.41, 5.74) is 0. The van der Waals surface area contributed by atoms with Crippen LogP contribution in [0.5, 0.6) is 0 Å². The minimum absolute atomic E-state index is 0. The van der Waals surface area contributed by atoms with Crippen molar-refractivity contribution >= 4 is 12.4 Å². The summed E-state index contributed by atoms with van der Waals surface area (Å²) in [6.07, 6.45) is 1.49. The van der Waals surface area contributed by atoms with Gasteiger partial charge in [-0.3, -0.25) is 0 Å². The topological polar surface area (TPSA) is 52.5 Å². The molecular weight excluding hydrogens is 154 g/mol. The van der Waals surface area contributed by atoms with E-state index >= 15 is 0 Å². The summed E-state index contributed by atoms with van der Waals surface area (Å²) in [6.45, 7) is 0.962. The fourth-order valence-corrected chi connectivity index (χ4v) is 1.12. The van der Waals surface area contributed by atoms with Gasteiger partial charge in [-0.1, -0.05) is 0 Å². The van der Waals surface area contributed by atoms with Gasteiger partial charge in [0, 0.05) is 0 Å². The molecule has 1 rings (SSSR count). The standard InChI is InChI=1S/C6H13NO2.ClH/c8-4-5-6(9)2-1-3-7-5;/h5-9H,1-4H2;1H/t5-,6+;/m1./s1. The van der Waals surface area contributed by atoms with Crippen molar-refractivity contribution in [3.05, 3.63) is 0 Å². The third-order valence-electron chi connectivity index (χ3n) is 1.74. The van der Waals surface area contributed by atoms with E-state index in [2.05, 4.69) is 5.32 Å². The molecule has 10 heavy (non-hydrogen) atoms. The normalized spacial score (nSPS) is 33.0. The minimum atomic E-state index is -0.344. The Bertz CT molecular complexity index is 91.8. The quantitative estimate of drug-likeness (QED) is 0.494. The van der Waals surface area contributed by atoms with Gasteiger partial charge in [-0.2, -0.15) is 0 Å². The molecule has 0 aromatic heterocycles. The van der Waals surface area contributed by atoms with Gasteiger partial charge >= 0.3 is 0 Å². The number of rotatable bonds is 1. The predicted molar refractivity (Wildman–Crippen MR) is 41.4 cm³/mol. The molecule has 1 aliphatic rings. The van der Waals surface area contributed by atoms with Gasteiger partial charge in [0.25, 0.3) is 0 Å². The van der Waals surface area contributed by atoms with Crippen LogP contribution in [-0.2, 0) is 0 Å². The Morgan fingerprint density at radius 3 is 2.60 bits per heavy atom. The smallest absolute Gasteiger partial charge is 0.0716 e. The van der Waals surface area contributed by atoms with Gasteiger partial charge in [-0.25, -0.2) is 0 Å². The fraction of sp³-hybridized carbons (Fsp3) is 1.00. The molecule has 0 aromatic rings. The van der Waals surface area contributed by atoms with Gasteiger partial charge in [0.05, 0.1) is 18.8 Å². The second kappa shape index (κ2) is 4.91. The molecule has 4 heteroatoms. The molecule has 3 nitrogen and oxygen atoms in total. The number of hydrogen-bond acceptors (Lipinski definition) is 3. The summed E-state index contributed by atoms with van der Waals surface area (Å²) >= 11 is 0. The molecule has 0 unspecified atom stereocenters. The van der Waals surface area contributed by atoms with Crippen molar-refractivity contribution in [2.45, 2.75) is 25.0 Å². The molecule has 0 aliphatic carbocycles. The highest BCUT2D eigenvalue weighted by Gasteiger charge is 2.20. The molecule has 0 bridgehead atoms. The monoisotopic (exact) mass is 167 g/mol. The lowest BCUT2D eigenvalue weighted by Crippen LogP contribution is -2.46. The highest BCUT2D eigenvalue weighted by atomic mass is 35.5. The van der Waals surface area contributed by atoms with Gasteiger partial charge in [-0.05, 0) is 19.4 Å². The molecule has 0 saturated carbocycles. The van der Waals surface area contributed by atoms with E-state index in [-0.39, 0.29) is 31.2 Å². The van der Waals surface area contributed by atoms with Crippen LogP contribution < -0.4 is 5.32 Å². The van der Waals surface area contributed by atoms with E-state index in [1.54, 1.807) is 0 Å². The van der Waals surface area contributed by atoms with Crippen molar-refractivity contribution in [3.63, 3.8) is 0 Å². The van der Waals surface area contributed by atoms with Crippen molar-refractivity contribution in [1.82, 2.24) is 5.32 Å². The lowest BCUT2D eigenvalue weighted by molar-refractivity contribution is 0.0649. The third-order valence-corrected chi connectivity index (χ3v) is 1.74. The molecule has 1 saturated heterocycles. The van der Waals surface area contributed by atoms with Crippen LogP contribution in [0.25, 0.3) is 0 Å². The van der Waals surface area contributed by atoms with Gasteiger partial charge in [0.15, 0.2) is 0 Å². The lowest BCUT2D eigenvalue weighted by Gasteiger charge is -2.26. The fourth-order valence-electron chi connectivity index (χ4n) is 1.12. The Morgan fingerprint density at radius 2 is 2.20 bits per heavy atom. The molecule has 0 radical (unpaired) electrons. The van der Waals surface area contributed by atoms with E-state index in [1.807, 2.05) is 0 Å². The SMILES string of the molecule is Cl.OC[C@H]1NCCC[C@@H]1O. The van der Waals surface area contributed by atoms with E-state index in [4.69, 9.17) is 10.2 Å². The summed E-state index contributed by atoms with van der Waals surface area (Å²) in [5.74, 6) is 0. The zero-order valence-corrected chi connectivity index (χ0v) is 6.60. The molecule has 1 heterocycles. The van der Waals surface area contributed by atoms with Crippen molar-refractivity contribution < 1.29 is 10.2 Å². The number of halogens is 1. The summed E-state index contributed by atoms with van der Waals surface area (Å²) in [5, 5.41) is 20.8. The molecule has 0 aromatic carbocycles. The lowest BCUT2D eigenvalue weighted by atomic mass is 10.0. The maximum Gasteiger partial charge on any atom is 0.0716 e. The van der Waals surface area contributed by atoms with E-state index in [1.165, 1.54) is 0 Å². The van der Waals surface area contributed by atoms with Crippen molar-refractivity contribution in [3.8, 4) is 0 Å². The van der Waals surface area contributed by atoms with E-state index < -0.39 is 0 Å². The molecule has 62 valence electrons. The van der Waals surface area contributed by atoms with Crippen LogP contribution in [-0.4, -0.2) is 35.5 Å². The van der Waals surface area contributed by atoms with E-state index in [9.17, 15) is 0 Å². The second-order valence-corrected chi connectivity index (χ2v) is 2.45. The molecule has 2 atom stereocenters. The Kier molecular flexibility index (Phi) is 4.99. The van der Waals surface area contributed by atoms with Crippen LogP contribution in [0.2, 0.25) is 0 Å². The van der Waals surface area contributed by atoms with Gasteiger partial charge < -0.3 is 15.5 Å². The molecule has 0 spiro atoms. The van der Waals surface area contributed by atoms with Crippen molar-refractivity contribution in [2.75, 3.05) is 13.2 Å². The first kappa shape index (κ1) is 10.2. The number of aliphatic hydroxyl groups excluding tert-OH is 2. The first-order valence-electron chi connectivity index (χ1n) is 3.37. The predicted octanol–water partition coefficient (Wildman–Crippen LogP) is -0.487. The second-order valence-electron chi connectivity index (χ2n) is 2.45. The Morgan fingerprint density at radius 1 is 1.50 bits per heavy atom. The number of hydrogen-bond donors (Lipinski definition) is 3. The maximum atomic E-state index is 9.15. The molecule has 1 fully saturated rings. The molecule has 0 amide bonds.